The molecule has 3 rings (SSSR count). The summed E-state index contributed by atoms with van der Waals surface area (Å²) >= 11 is 11.5. The van der Waals surface area contributed by atoms with Gasteiger partial charge in [-0.1, -0.05) is 67.4 Å². The van der Waals surface area contributed by atoms with E-state index in [1.165, 1.54) is 0 Å². The quantitative estimate of drug-likeness (QED) is 0.612. The Hall–Kier alpha value is -2.50. The summed E-state index contributed by atoms with van der Waals surface area (Å²) in [4.78, 5) is 24.7. The predicted molar refractivity (Wildman–Crippen MR) is 112 cm³/mol. The number of primary amides is 1. The van der Waals surface area contributed by atoms with E-state index in [-0.39, 0.29) is 15.8 Å². The maximum Gasteiger partial charge on any atom is 0.311 e. The molecule has 7 heteroatoms. The highest BCUT2D eigenvalue weighted by Crippen LogP contribution is 2.60. The van der Waals surface area contributed by atoms with Gasteiger partial charge in [0, 0.05) is 5.56 Å². The van der Waals surface area contributed by atoms with E-state index in [0.717, 1.165) is 0 Å². The maximum absolute atomic E-state index is 12.7. The molecule has 0 saturated heterocycles. The van der Waals surface area contributed by atoms with Crippen LogP contribution in [-0.2, 0) is 14.3 Å². The van der Waals surface area contributed by atoms with Crippen molar-refractivity contribution in [2.75, 3.05) is 0 Å². The monoisotopic (exact) mass is 433 g/mol. The van der Waals surface area contributed by atoms with Crippen molar-refractivity contribution in [2.24, 2.45) is 23.0 Å². The normalized spacial score (nSPS) is 20.3. The van der Waals surface area contributed by atoms with Crippen LogP contribution in [-0.4, -0.2) is 11.9 Å². The molecule has 1 saturated carbocycles. The van der Waals surface area contributed by atoms with Gasteiger partial charge in [-0.3, -0.25) is 9.59 Å². The summed E-state index contributed by atoms with van der Waals surface area (Å²) in [6, 6.07) is 15.9. The molecule has 2 aromatic carbocycles. The number of carbonyl (C=O) groups excluding carboxylic acids is 2. The van der Waals surface area contributed by atoms with Gasteiger partial charge in [0.15, 0.2) is 0 Å². The van der Waals surface area contributed by atoms with Gasteiger partial charge in [-0.25, -0.2) is 0 Å². The van der Waals surface area contributed by atoms with Crippen LogP contribution in [0.3, 0.4) is 0 Å². The Bertz CT molecular complexity index is 939. The minimum absolute atomic E-state index is 0.0931. The fraction of sp³-hybridized carbons (Fsp3) is 0.273. The number of amides is 1. The number of carbonyl (C=O) groups is 2. The van der Waals surface area contributed by atoms with Crippen LogP contribution in [0.5, 0.6) is 11.5 Å². The van der Waals surface area contributed by atoms with Crippen molar-refractivity contribution in [3.63, 3.8) is 0 Å². The molecule has 0 unspecified atom stereocenters. The molecule has 0 aliphatic heterocycles. The van der Waals surface area contributed by atoms with Crippen molar-refractivity contribution in [3.8, 4) is 11.5 Å². The van der Waals surface area contributed by atoms with Crippen molar-refractivity contribution in [2.45, 2.75) is 20.0 Å². The summed E-state index contributed by atoms with van der Waals surface area (Å²) in [5.74, 6) is -0.774. The second-order valence-corrected chi connectivity index (χ2v) is 8.50. The van der Waals surface area contributed by atoms with Gasteiger partial charge in [-0.2, -0.15) is 0 Å². The predicted octanol–water partition coefficient (Wildman–Crippen LogP) is 5.14. The molecule has 2 aromatic rings. The van der Waals surface area contributed by atoms with Crippen molar-refractivity contribution >= 4 is 35.1 Å². The van der Waals surface area contributed by atoms with Gasteiger partial charge in [0.25, 0.3) is 5.91 Å². The molecule has 152 valence electrons. The Morgan fingerprint density at radius 3 is 2.34 bits per heavy atom. The molecule has 3 atom stereocenters. The Labute approximate surface area is 179 Å². The maximum atomic E-state index is 12.7. The highest BCUT2D eigenvalue weighted by Gasteiger charge is 2.62. The highest BCUT2D eigenvalue weighted by atomic mass is 35.5. The molecular weight excluding hydrogens is 413 g/mol. The average molecular weight is 434 g/mol. The van der Waals surface area contributed by atoms with Gasteiger partial charge in [0.05, 0.1) is 5.92 Å². The molecule has 29 heavy (non-hydrogen) atoms. The molecule has 1 amide bonds. The summed E-state index contributed by atoms with van der Waals surface area (Å²) in [5, 5.41) is 0. The van der Waals surface area contributed by atoms with Crippen LogP contribution in [0.15, 0.2) is 65.2 Å². The molecule has 1 aliphatic carbocycles. The van der Waals surface area contributed by atoms with Gasteiger partial charge in [0.2, 0.25) is 6.10 Å². The van der Waals surface area contributed by atoms with E-state index >= 15 is 0 Å². The van der Waals surface area contributed by atoms with Crippen molar-refractivity contribution < 1.29 is 19.1 Å². The molecule has 1 aliphatic rings. The zero-order valence-corrected chi connectivity index (χ0v) is 17.5. The third-order valence-electron chi connectivity index (χ3n) is 5.10. The van der Waals surface area contributed by atoms with E-state index in [1.807, 2.05) is 44.2 Å². The topological polar surface area (TPSA) is 78.6 Å². The molecular formula is C22H21Cl2NO4. The first kappa shape index (κ1) is 21.2. The lowest BCUT2D eigenvalue weighted by Crippen LogP contribution is -2.27. The smallest absolute Gasteiger partial charge is 0.311 e. The SMILES string of the molecule is CC1(C)[C@H](C=C(Cl)Cl)[C@H]1C(=O)O[C@@H](C(N)=O)c1cccc(Oc2ccccc2)c1. The summed E-state index contributed by atoms with van der Waals surface area (Å²) in [7, 11) is 0. The summed E-state index contributed by atoms with van der Waals surface area (Å²) in [6.07, 6.45) is 0.386. The van der Waals surface area contributed by atoms with Crippen molar-refractivity contribution in [1.82, 2.24) is 0 Å². The van der Waals surface area contributed by atoms with Crippen LogP contribution in [0.25, 0.3) is 0 Å². The van der Waals surface area contributed by atoms with Gasteiger partial charge in [-0.15, -0.1) is 0 Å². The number of hydrogen-bond donors (Lipinski definition) is 1. The molecule has 1 fully saturated rings. The number of benzene rings is 2. The van der Waals surface area contributed by atoms with E-state index in [9.17, 15) is 9.59 Å². The fourth-order valence-corrected chi connectivity index (χ4v) is 3.69. The summed E-state index contributed by atoms with van der Waals surface area (Å²) in [5.41, 5.74) is 5.57. The van der Waals surface area contributed by atoms with Crippen LogP contribution in [0.2, 0.25) is 0 Å². The third kappa shape index (κ3) is 4.92. The Kier molecular flexibility index (Phi) is 6.20. The largest absolute Gasteiger partial charge is 0.457 e. The van der Waals surface area contributed by atoms with Gasteiger partial charge in [0.1, 0.15) is 16.0 Å². The van der Waals surface area contributed by atoms with Crippen LogP contribution < -0.4 is 10.5 Å². The first-order valence-electron chi connectivity index (χ1n) is 9.05. The van der Waals surface area contributed by atoms with Gasteiger partial charge >= 0.3 is 5.97 Å². The molecule has 0 bridgehead atoms. The number of halogens is 2. The first-order valence-corrected chi connectivity index (χ1v) is 9.81. The molecule has 0 heterocycles. The molecule has 5 nitrogen and oxygen atoms in total. The number of para-hydroxylation sites is 1. The van der Waals surface area contributed by atoms with Gasteiger partial charge in [-0.05, 0) is 41.7 Å². The minimum atomic E-state index is -1.23. The van der Waals surface area contributed by atoms with E-state index in [2.05, 4.69) is 0 Å². The lowest BCUT2D eigenvalue weighted by atomic mass is 10.1. The van der Waals surface area contributed by atoms with Crippen LogP contribution in [0.1, 0.15) is 25.5 Å². The zero-order chi connectivity index (χ0) is 21.2. The number of nitrogens with two attached hydrogens (primary N) is 1. The Morgan fingerprint density at radius 2 is 1.72 bits per heavy atom. The standard InChI is InChI=1S/C22H21Cl2NO4/c1-22(2)16(12-17(23)24)18(22)21(27)29-19(20(25)26)13-7-6-10-15(11-13)28-14-8-4-3-5-9-14/h3-12,16,18-19H,1-2H3,(H2,25,26)/t16-,18+,19-/m1/s1. The lowest BCUT2D eigenvalue weighted by molar-refractivity contribution is -0.157. The molecule has 0 spiro atoms. The molecule has 0 radical (unpaired) electrons. The number of ether oxygens (including phenoxy) is 2. The number of hydrogen-bond acceptors (Lipinski definition) is 4. The van der Waals surface area contributed by atoms with Crippen molar-refractivity contribution in [3.05, 3.63) is 70.7 Å². The second kappa shape index (κ2) is 8.47. The van der Waals surface area contributed by atoms with E-state index in [4.69, 9.17) is 38.4 Å². The number of esters is 1. The van der Waals surface area contributed by atoms with E-state index in [1.54, 1.807) is 30.3 Å². The van der Waals surface area contributed by atoms with Crippen LogP contribution in [0, 0.1) is 17.3 Å². The first-order chi connectivity index (χ1) is 13.7. The average Bonchev–Trinajstić information content (AvgIpc) is 3.19. The van der Waals surface area contributed by atoms with E-state index in [0.29, 0.717) is 17.1 Å². The number of rotatable bonds is 7. The van der Waals surface area contributed by atoms with Crippen molar-refractivity contribution in [1.29, 1.82) is 0 Å². The lowest BCUT2D eigenvalue weighted by Gasteiger charge is -2.16. The third-order valence-corrected chi connectivity index (χ3v) is 5.35. The second-order valence-electron chi connectivity index (χ2n) is 7.49. The summed E-state index contributed by atoms with van der Waals surface area (Å²) in [6.45, 7) is 3.81. The zero-order valence-electron chi connectivity index (χ0n) is 16.0. The highest BCUT2D eigenvalue weighted by molar-refractivity contribution is 6.55. The van der Waals surface area contributed by atoms with Crippen LogP contribution >= 0.6 is 23.2 Å². The Balaban J connectivity index is 1.77. The molecule has 2 N–H and O–H groups in total. The van der Waals surface area contributed by atoms with E-state index < -0.39 is 23.9 Å². The summed E-state index contributed by atoms with van der Waals surface area (Å²) < 4.78 is 11.4. The number of allylic oxidation sites excluding steroid dienone is 1. The molecule has 0 aromatic heterocycles. The fourth-order valence-electron chi connectivity index (χ4n) is 3.42. The van der Waals surface area contributed by atoms with Gasteiger partial charge < -0.3 is 15.2 Å². The van der Waals surface area contributed by atoms with Crippen LogP contribution in [0.4, 0.5) is 0 Å². The minimum Gasteiger partial charge on any atom is -0.457 e. The Morgan fingerprint density at radius 1 is 1.07 bits per heavy atom.